The number of rotatable bonds is 3. The minimum absolute atomic E-state index is 0. The van der Waals surface area contributed by atoms with Gasteiger partial charge in [-0.25, -0.2) is 0 Å². The van der Waals surface area contributed by atoms with Gasteiger partial charge in [-0.3, -0.25) is 14.9 Å². The number of nitrogens with zero attached hydrogens (tertiary/aromatic N) is 1. The zero-order valence-corrected chi connectivity index (χ0v) is 10.5. The topological polar surface area (TPSA) is 141 Å². The summed E-state index contributed by atoms with van der Waals surface area (Å²) in [5.74, 6) is -5.60. The summed E-state index contributed by atoms with van der Waals surface area (Å²) in [6.45, 7) is 0. The molecule has 0 saturated heterocycles. The molecule has 0 fully saturated rings. The fourth-order valence-corrected chi connectivity index (χ4v) is 0.992. The number of aliphatic carboxylic acids is 1. The number of carbonyl (C=O) groups excluding carboxylic acids is 2. The fraction of sp³-hybridized carbons (Fsp3) is 0. The Morgan fingerprint density at radius 1 is 1.24 bits per heavy atom. The van der Waals surface area contributed by atoms with Crippen LogP contribution < -0.4 is 34.7 Å². The molecule has 0 aliphatic rings. The number of hydrogen-bond acceptors (Lipinski definition) is 7. The van der Waals surface area contributed by atoms with Crippen molar-refractivity contribution in [1.29, 1.82) is 0 Å². The van der Waals surface area contributed by atoms with Gasteiger partial charge in [-0.2, -0.15) is 0 Å². The van der Waals surface area contributed by atoms with E-state index in [1.807, 2.05) is 0 Å². The van der Waals surface area contributed by atoms with Crippen molar-refractivity contribution in [2.45, 2.75) is 0 Å². The van der Waals surface area contributed by atoms with E-state index in [1.54, 1.807) is 0 Å². The standard InChI is InChI=1S/C8H5NO7.Na/c10-5-2-3(6(11)8(13)14)1-4(7(5)12)9(15)16;/h1-2,10,12H,(H,13,14);/q;+1/p-1. The van der Waals surface area contributed by atoms with Crippen molar-refractivity contribution in [3.63, 3.8) is 0 Å². The van der Waals surface area contributed by atoms with Crippen molar-refractivity contribution in [1.82, 2.24) is 0 Å². The Labute approximate surface area is 116 Å². The molecule has 1 rings (SSSR count). The summed E-state index contributed by atoms with van der Waals surface area (Å²) in [6, 6.07) is 1.13. The van der Waals surface area contributed by atoms with Crippen LogP contribution in [0.5, 0.6) is 11.5 Å². The summed E-state index contributed by atoms with van der Waals surface area (Å²) in [7, 11) is 0. The van der Waals surface area contributed by atoms with Crippen LogP contribution in [0.15, 0.2) is 12.1 Å². The number of ketones is 1. The number of aromatic hydroxyl groups is 2. The van der Waals surface area contributed by atoms with E-state index >= 15 is 0 Å². The summed E-state index contributed by atoms with van der Waals surface area (Å²) in [6.07, 6.45) is 0. The third-order valence-corrected chi connectivity index (χ3v) is 1.71. The molecule has 1 aromatic rings. The van der Waals surface area contributed by atoms with Gasteiger partial charge in [0.2, 0.25) is 11.5 Å². The van der Waals surface area contributed by atoms with Gasteiger partial charge in [0.05, 0.1) is 4.92 Å². The van der Waals surface area contributed by atoms with Gasteiger partial charge >= 0.3 is 35.2 Å². The maximum Gasteiger partial charge on any atom is 1.00 e. The van der Waals surface area contributed by atoms with Crippen LogP contribution in [0, 0.1) is 10.1 Å². The molecule has 84 valence electrons. The van der Waals surface area contributed by atoms with E-state index in [1.165, 1.54) is 0 Å². The summed E-state index contributed by atoms with van der Waals surface area (Å²) in [4.78, 5) is 30.4. The smallest absolute Gasteiger partial charge is 0.541 e. The molecule has 0 bridgehead atoms. The van der Waals surface area contributed by atoms with E-state index in [0.717, 1.165) is 0 Å². The van der Waals surface area contributed by atoms with Crippen molar-refractivity contribution in [3.8, 4) is 11.5 Å². The SMILES string of the molecule is O=C([O-])C(=O)c1cc(O)c(O)c([N+](=O)[O-])c1.[Na+]. The Bertz CT molecular complexity index is 499. The maximum absolute atomic E-state index is 10.9. The molecule has 0 aliphatic heterocycles. The second kappa shape index (κ2) is 5.62. The normalized spacial score (nSPS) is 9.18. The van der Waals surface area contributed by atoms with Gasteiger partial charge in [0.15, 0.2) is 5.75 Å². The van der Waals surface area contributed by atoms with Crippen LogP contribution >= 0.6 is 0 Å². The minimum Gasteiger partial charge on any atom is -0.541 e. The molecule has 0 atom stereocenters. The third kappa shape index (κ3) is 3.16. The zero-order chi connectivity index (χ0) is 12.5. The molecule has 1 aromatic carbocycles. The summed E-state index contributed by atoms with van der Waals surface area (Å²) >= 11 is 0. The Morgan fingerprint density at radius 2 is 1.76 bits per heavy atom. The van der Waals surface area contributed by atoms with Gasteiger partial charge in [-0.15, -0.1) is 0 Å². The first-order valence-corrected chi connectivity index (χ1v) is 3.80. The molecule has 9 heteroatoms. The number of phenolic OH excluding ortho intramolecular Hbond substituents is 2. The molecular formula is C8H4NNaO7. The molecule has 0 amide bonds. The van der Waals surface area contributed by atoms with Gasteiger partial charge < -0.3 is 20.1 Å². The van der Waals surface area contributed by atoms with Gasteiger partial charge in [-0.1, -0.05) is 0 Å². The fourth-order valence-electron chi connectivity index (χ4n) is 0.992. The number of hydrogen-bond donors (Lipinski definition) is 2. The van der Waals surface area contributed by atoms with Crippen LogP contribution in [-0.2, 0) is 4.79 Å². The van der Waals surface area contributed by atoms with Gasteiger partial charge in [0.25, 0.3) is 0 Å². The largest absolute Gasteiger partial charge is 1.00 e. The molecule has 17 heavy (non-hydrogen) atoms. The first-order valence-electron chi connectivity index (χ1n) is 3.80. The van der Waals surface area contributed by atoms with E-state index in [-0.39, 0.29) is 29.6 Å². The molecule has 0 saturated carbocycles. The number of Topliss-reactive ketones (excluding diaryl/α,β-unsaturated/α-hetero) is 1. The average Bonchev–Trinajstić information content (AvgIpc) is 2.20. The summed E-state index contributed by atoms with van der Waals surface area (Å²) in [5.41, 5.74) is -1.62. The van der Waals surface area contributed by atoms with E-state index in [4.69, 9.17) is 10.2 Å². The predicted octanol–water partition coefficient (Wildman–Crippen LogP) is -4.06. The molecule has 0 heterocycles. The van der Waals surface area contributed by atoms with Crippen LogP contribution in [0.3, 0.4) is 0 Å². The number of nitro benzene ring substituents is 1. The molecule has 2 N–H and O–H groups in total. The quantitative estimate of drug-likeness (QED) is 0.139. The second-order valence-corrected chi connectivity index (χ2v) is 2.74. The molecular weight excluding hydrogens is 245 g/mol. The number of benzene rings is 1. The summed E-state index contributed by atoms with van der Waals surface area (Å²) < 4.78 is 0. The first kappa shape index (κ1) is 15.4. The molecule has 0 aromatic heterocycles. The Morgan fingerprint density at radius 3 is 2.18 bits per heavy atom. The van der Waals surface area contributed by atoms with Crippen LogP contribution in [0.2, 0.25) is 0 Å². The second-order valence-electron chi connectivity index (χ2n) is 2.74. The van der Waals surface area contributed by atoms with E-state index in [2.05, 4.69) is 0 Å². The van der Waals surface area contributed by atoms with Crippen LogP contribution in [-0.4, -0.2) is 26.9 Å². The average molecular weight is 249 g/mol. The first-order chi connectivity index (χ1) is 7.34. The number of carboxylic acids is 1. The number of carboxylic acid groups (broad SMARTS) is 1. The van der Waals surface area contributed by atoms with Gasteiger partial charge in [0, 0.05) is 11.6 Å². The number of carbonyl (C=O) groups is 2. The summed E-state index contributed by atoms with van der Waals surface area (Å²) in [5, 5.41) is 38.7. The van der Waals surface area contributed by atoms with Crippen molar-refractivity contribution >= 4 is 17.4 Å². The molecule has 0 spiro atoms. The Kier molecular flexibility index (Phi) is 5.08. The molecule has 0 unspecified atom stereocenters. The molecule has 0 radical (unpaired) electrons. The third-order valence-electron chi connectivity index (χ3n) is 1.71. The molecule has 8 nitrogen and oxygen atoms in total. The van der Waals surface area contributed by atoms with Crippen molar-refractivity contribution < 1.29 is 59.4 Å². The number of phenols is 2. The predicted molar refractivity (Wildman–Crippen MR) is 45.8 cm³/mol. The van der Waals surface area contributed by atoms with E-state index in [9.17, 15) is 24.8 Å². The van der Waals surface area contributed by atoms with E-state index < -0.39 is 39.4 Å². The molecule has 0 aliphatic carbocycles. The van der Waals surface area contributed by atoms with E-state index in [0.29, 0.717) is 12.1 Å². The zero-order valence-electron chi connectivity index (χ0n) is 8.54. The number of nitro groups is 1. The van der Waals surface area contributed by atoms with Crippen LogP contribution in [0.1, 0.15) is 10.4 Å². The van der Waals surface area contributed by atoms with Gasteiger partial charge in [-0.05, 0) is 6.07 Å². The minimum atomic E-state index is -2.07. The van der Waals surface area contributed by atoms with Crippen molar-refractivity contribution in [3.05, 3.63) is 27.8 Å². The maximum atomic E-state index is 10.9. The van der Waals surface area contributed by atoms with Crippen LogP contribution in [0.4, 0.5) is 5.69 Å². The monoisotopic (exact) mass is 249 g/mol. The van der Waals surface area contributed by atoms with Gasteiger partial charge in [0.1, 0.15) is 5.97 Å². The van der Waals surface area contributed by atoms with Crippen molar-refractivity contribution in [2.24, 2.45) is 0 Å². The Balaban J connectivity index is 0.00000256. The van der Waals surface area contributed by atoms with Crippen LogP contribution in [0.25, 0.3) is 0 Å². The van der Waals surface area contributed by atoms with Crippen molar-refractivity contribution in [2.75, 3.05) is 0 Å². The Hall–Kier alpha value is -1.64.